The maximum Gasteiger partial charge on any atom is 0.253 e. The predicted octanol–water partition coefficient (Wildman–Crippen LogP) is 2.31. The molecule has 0 aliphatic carbocycles. The Balaban J connectivity index is 1.82. The highest BCUT2D eigenvalue weighted by atomic mass is 19.1. The largest absolute Gasteiger partial charge is 0.491 e. The van der Waals surface area contributed by atoms with Crippen LogP contribution in [0.3, 0.4) is 0 Å². The molecule has 0 spiro atoms. The molecule has 2 rings (SSSR count). The van der Waals surface area contributed by atoms with Crippen molar-refractivity contribution in [1.29, 1.82) is 0 Å². The smallest absolute Gasteiger partial charge is 0.253 e. The monoisotopic (exact) mass is 359 g/mol. The molecule has 0 fully saturated rings. The Morgan fingerprint density at radius 1 is 1.08 bits per heavy atom. The molecule has 0 radical (unpaired) electrons. The molecule has 0 aliphatic heterocycles. The molecule has 0 aromatic heterocycles. The fraction of sp³-hybridized carbons (Fsp3) is 0.263. The SMILES string of the molecule is NCCNC(=O)c1ccccc1NC(=O)CCCOc1ccccc1F. The van der Waals surface area contributed by atoms with Crippen molar-refractivity contribution in [1.82, 2.24) is 5.32 Å². The fourth-order valence-corrected chi connectivity index (χ4v) is 2.26. The number of nitrogens with two attached hydrogens (primary N) is 1. The third-order valence-electron chi connectivity index (χ3n) is 3.52. The van der Waals surface area contributed by atoms with Gasteiger partial charge in [-0.15, -0.1) is 0 Å². The van der Waals surface area contributed by atoms with Gasteiger partial charge >= 0.3 is 0 Å². The highest BCUT2D eigenvalue weighted by Gasteiger charge is 2.12. The van der Waals surface area contributed by atoms with Crippen LogP contribution in [0.2, 0.25) is 0 Å². The first-order chi connectivity index (χ1) is 12.6. The van der Waals surface area contributed by atoms with E-state index in [1.165, 1.54) is 12.1 Å². The number of nitrogens with one attached hydrogen (secondary N) is 2. The molecule has 0 bridgehead atoms. The Kier molecular flexibility index (Phi) is 7.57. The van der Waals surface area contributed by atoms with Crippen molar-refractivity contribution >= 4 is 17.5 Å². The summed E-state index contributed by atoms with van der Waals surface area (Å²) in [5.41, 5.74) is 6.18. The molecule has 26 heavy (non-hydrogen) atoms. The molecule has 2 aromatic carbocycles. The second-order valence-corrected chi connectivity index (χ2v) is 5.52. The lowest BCUT2D eigenvalue weighted by Gasteiger charge is -2.11. The highest BCUT2D eigenvalue weighted by molar-refractivity contribution is 6.03. The molecule has 6 nitrogen and oxygen atoms in total. The zero-order chi connectivity index (χ0) is 18.8. The Morgan fingerprint density at radius 3 is 2.58 bits per heavy atom. The Bertz CT molecular complexity index is 752. The van der Waals surface area contributed by atoms with Crippen molar-refractivity contribution < 1.29 is 18.7 Å². The number of carbonyl (C=O) groups excluding carboxylic acids is 2. The van der Waals surface area contributed by atoms with Gasteiger partial charge in [-0.1, -0.05) is 24.3 Å². The van der Waals surface area contributed by atoms with Gasteiger partial charge in [-0.3, -0.25) is 9.59 Å². The molecule has 2 amide bonds. The highest BCUT2D eigenvalue weighted by Crippen LogP contribution is 2.17. The fourth-order valence-electron chi connectivity index (χ4n) is 2.26. The van der Waals surface area contributed by atoms with Crippen molar-refractivity contribution in [3.8, 4) is 5.75 Å². The number of carbonyl (C=O) groups is 2. The summed E-state index contributed by atoms with van der Waals surface area (Å²) in [6.07, 6.45) is 0.606. The molecule has 7 heteroatoms. The minimum absolute atomic E-state index is 0.162. The summed E-state index contributed by atoms with van der Waals surface area (Å²) in [7, 11) is 0. The van der Waals surface area contributed by atoms with Crippen LogP contribution >= 0.6 is 0 Å². The average molecular weight is 359 g/mol. The topological polar surface area (TPSA) is 93.5 Å². The lowest BCUT2D eigenvalue weighted by atomic mass is 10.1. The lowest BCUT2D eigenvalue weighted by Crippen LogP contribution is -2.30. The quantitative estimate of drug-likeness (QED) is 0.599. The molecular formula is C19H22FN3O3. The number of halogens is 1. The molecule has 0 saturated carbocycles. The maximum absolute atomic E-state index is 13.4. The second kappa shape index (κ2) is 10.1. The first-order valence-electron chi connectivity index (χ1n) is 8.36. The van der Waals surface area contributed by atoms with Crippen LogP contribution in [0.1, 0.15) is 23.2 Å². The third-order valence-corrected chi connectivity index (χ3v) is 3.52. The second-order valence-electron chi connectivity index (χ2n) is 5.52. The van der Waals surface area contributed by atoms with Crippen LogP contribution in [0, 0.1) is 5.82 Å². The van der Waals surface area contributed by atoms with Crippen LogP contribution in [-0.4, -0.2) is 31.5 Å². The summed E-state index contributed by atoms with van der Waals surface area (Å²) in [6.45, 7) is 0.907. The van der Waals surface area contributed by atoms with Crippen molar-refractivity contribution in [2.45, 2.75) is 12.8 Å². The van der Waals surface area contributed by atoms with Gasteiger partial charge in [-0.25, -0.2) is 4.39 Å². The van der Waals surface area contributed by atoms with E-state index < -0.39 is 5.82 Å². The zero-order valence-electron chi connectivity index (χ0n) is 14.3. The Morgan fingerprint density at radius 2 is 1.81 bits per heavy atom. The summed E-state index contributed by atoms with van der Waals surface area (Å²) in [5, 5.41) is 5.38. The van der Waals surface area contributed by atoms with Crippen LogP contribution in [0.4, 0.5) is 10.1 Å². The standard InChI is InChI=1S/C19H22FN3O3/c20-15-7-2-4-9-17(15)26-13-5-10-18(24)23-16-8-3-1-6-14(16)19(25)22-12-11-21/h1-4,6-9H,5,10-13,21H2,(H,22,25)(H,23,24). The summed E-state index contributed by atoms with van der Waals surface area (Å²) in [5.74, 6) is -0.820. The molecule has 0 atom stereocenters. The number of benzene rings is 2. The van der Waals surface area contributed by atoms with Gasteiger partial charge in [0.2, 0.25) is 5.91 Å². The third kappa shape index (κ3) is 5.86. The van der Waals surface area contributed by atoms with Crippen LogP contribution < -0.4 is 21.1 Å². The zero-order valence-corrected chi connectivity index (χ0v) is 14.3. The molecule has 0 saturated heterocycles. The minimum atomic E-state index is -0.436. The van der Waals surface area contributed by atoms with E-state index in [4.69, 9.17) is 10.5 Å². The lowest BCUT2D eigenvalue weighted by molar-refractivity contribution is -0.116. The van der Waals surface area contributed by atoms with E-state index in [9.17, 15) is 14.0 Å². The van der Waals surface area contributed by atoms with E-state index in [0.29, 0.717) is 30.8 Å². The summed E-state index contributed by atoms with van der Waals surface area (Å²) >= 11 is 0. The van der Waals surface area contributed by atoms with E-state index in [1.807, 2.05) is 0 Å². The summed E-state index contributed by atoms with van der Waals surface area (Å²) < 4.78 is 18.7. The van der Waals surface area contributed by atoms with Gasteiger partial charge < -0.3 is 21.1 Å². The van der Waals surface area contributed by atoms with Crippen LogP contribution in [0.15, 0.2) is 48.5 Å². The number of amides is 2. The maximum atomic E-state index is 13.4. The van der Waals surface area contributed by atoms with Crippen molar-refractivity contribution in [2.24, 2.45) is 5.73 Å². The molecule has 0 heterocycles. The van der Waals surface area contributed by atoms with E-state index in [1.54, 1.807) is 36.4 Å². The van der Waals surface area contributed by atoms with E-state index in [2.05, 4.69) is 10.6 Å². The number of hydrogen-bond acceptors (Lipinski definition) is 4. The average Bonchev–Trinajstić information content (AvgIpc) is 2.65. The summed E-state index contributed by atoms with van der Waals surface area (Å²) in [6, 6.07) is 12.8. The summed E-state index contributed by atoms with van der Waals surface area (Å²) in [4.78, 5) is 24.2. The first-order valence-corrected chi connectivity index (χ1v) is 8.36. The Labute approximate surface area is 151 Å². The predicted molar refractivity (Wildman–Crippen MR) is 97.6 cm³/mol. The van der Waals surface area contributed by atoms with Gasteiger partial charge in [-0.05, 0) is 30.7 Å². The first kappa shape index (κ1) is 19.4. The number of rotatable bonds is 9. The van der Waals surface area contributed by atoms with Gasteiger partial charge in [-0.2, -0.15) is 0 Å². The molecule has 4 N–H and O–H groups in total. The molecular weight excluding hydrogens is 337 g/mol. The van der Waals surface area contributed by atoms with Crippen molar-refractivity contribution in [3.05, 3.63) is 59.9 Å². The van der Waals surface area contributed by atoms with Gasteiger partial charge in [0.25, 0.3) is 5.91 Å². The normalized spacial score (nSPS) is 10.2. The van der Waals surface area contributed by atoms with Gasteiger partial charge in [0.1, 0.15) is 0 Å². The molecule has 0 aliphatic rings. The molecule has 2 aromatic rings. The van der Waals surface area contributed by atoms with Gasteiger partial charge in [0.15, 0.2) is 11.6 Å². The molecule has 0 unspecified atom stereocenters. The Hall–Kier alpha value is -2.93. The van der Waals surface area contributed by atoms with E-state index in [-0.39, 0.29) is 30.6 Å². The van der Waals surface area contributed by atoms with Crippen LogP contribution in [0.25, 0.3) is 0 Å². The molecule has 138 valence electrons. The van der Waals surface area contributed by atoms with Crippen LogP contribution in [-0.2, 0) is 4.79 Å². The number of ether oxygens (including phenoxy) is 1. The van der Waals surface area contributed by atoms with Crippen molar-refractivity contribution in [2.75, 3.05) is 25.0 Å². The van der Waals surface area contributed by atoms with Gasteiger partial charge in [0.05, 0.1) is 17.9 Å². The number of para-hydroxylation sites is 2. The number of hydrogen-bond donors (Lipinski definition) is 3. The number of anilines is 1. The van der Waals surface area contributed by atoms with E-state index >= 15 is 0 Å². The van der Waals surface area contributed by atoms with E-state index in [0.717, 1.165) is 0 Å². The van der Waals surface area contributed by atoms with Gasteiger partial charge in [0, 0.05) is 19.5 Å². The van der Waals surface area contributed by atoms with Crippen molar-refractivity contribution in [3.63, 3.8) is 0 Å². The van der Waals surface area contributed by atoms with Crippen LogP contribution in [0.5, 0.6) is 5.75 Å². The minimum Gasteiger partial charge on any atom is -0.491 e.